The van der Waals surface area contributed by atoms with Crippen molar-refractivity contribution in [1.82, 2.24) is 5.06 Å². The number of methoxy groups -OCH3 is 1. The van der Waals surface area contributed by atoms with Crippen molar-refractivity contribution in [3.05, 3.63) is 29.8 Å². The molecule has 23 heavy (non-hydrogen) atoms. The summed E-state index contributed by atoms with van der Waals surface area (Å²) in [5.74, 6) is -6.50. The normalized spacial score (nSPS) is 21.7. The van der Waals surface area contributed by atoms with Crippen LogP contribution in [0.25, 0.3) is 0 Å². The van der Waals surface area contributed by atoms with Crippen molar-refractivity contribution in [3.8, 4) is 5.75 Å². The summed E-state index contributed by atoms with van der Waals surface area (Å²) >= 11 is 0. The van der Waals surface area contributed by atoms with E-state index in [0.717, 1.165) is 0 Å². The fourth-order valence-corrected chi connectivity index (χ4v) is 2.40. The van der Waals surface area contributed by atoms with Crippen molar-refractivity contribution >= 4 is 5.97 Å². The van der Waals surface area contributed by atoms with Crippen LogP contribution in [-0.2, 0) is 9.63 Å². The van der Waals surface area contributed by atoms with Crippen molar-refractivity contribution in [2.75, 3.05) is 20.2 Å². The molecule has 1 heterocycles. The highest BCUT2D eigenvalue weighted by Crippen LogP contribution is 2.41. The average Bonchev–Trinajstić information content (AvgIpc) is 2.45. The molecule has 4 nitrogen and oxygen atoms in total. The Labute approximate surface area is 128 Å². The van der Waals surface area contributed by atoms with Crippen LogP contribution in [0.4, 0.5) is 22.0 Å². The van der Waals surface area contributed by atoms with Gasteiger partial charge in [0.05, 0.1) is 19.6 Å². The smallest absolute Gasteiger partial charge is 0.492 e. The van der Waals surface area contributed by atoms with Gasteiger partial charge in [0.2, 0.25) is 0 Å². The number of hydroxylamine groups is 2. The molecule has 0 bridgehead atoms. The molecule has 1 fully saturated rings. The minimum absolute atomic E-state index is 0.148. The van der Waals surface area contributed by atoms with Gasteiger partial charge in [-0.05, 0) is 24.1 Å². The van der Waals surface area contributed by atoms with Crippen molar-refractivity contribution in [2.24, 2.45) is 0 Å². The van der Waals surface area contributed by atoms with Gasteiger partial charge in [-0.3, -0.25) is 0 Å². The molecule has 1 unspecified atom stereocenters. The molecule has 1 aromatic rings. The van der Waals surface area contributed by atoms with E-state index in [0.29, 0.717) is 16.4 Å². The summed E-state index contributed by atoms with van der Waals surface area (Å²) < 4.78 is 69.6. The van der Waals surface area contributed by atoms with E-state index in [-0.39, 0.29) is 13.0 Å². The predicted octanol–water partition coefficient (Wildman–Crippen LogP) is 3.14. The third-order valence-electron chi connectivity index (χ3n) is 3.53. The van der Waals surface area contributed by atoms with Crippen molar-refractivity contribution in [3.63, 3.8) is 0 Å². The first kappa shape index (κ1) is 17.5. The molecule has 0 N–H and O–H groups in total. The standard InChI is InChI=1S/C14H14F5NO3/c1-22-10-4-2-9(3-5-10)11-6-7-20(8-13(11,15)16)23-12(21)14(17,18)19/h2-5,11H,6-8H2,1H3. The monoisotopic (exact) mass is 339 g/mol. The van der Waals surface area contributed by atoms with Gasteiger partial charge in [-0.15, -0.1) is 5.06 Å². The molecule has 2 rings (SSSR count). The van der Waals surface area contributed by atoms with Gasteiger partial charge in [0.1, 0.15) is 5.75 Å². The van der Waals surface area contributed by atoms with Crippen LogP contribution < -0.4 is 4.74 Å². The summed E-state index contributed by atoms with van der Waals surface area (Å²) in [5, 5.41) is 0.357. The molecule has 1 aliphatic rings. The van der Waals surface area contributed by atoms with E-state index in [1.165, 1.54) is 31.4 Å². The molecule has 1 atom stereocenters. The summed E-state index contributed by atoms with van der Waals surface area (Å²) in [5.41, 5.74) is 0.345. The van der Waals surface area contributed by atoms with Crippen LogP contribution >= 0.6 is 0 Å². The first-order valence-corrected chi connectivity index (χ1v) is 6.69. The second-order valence-electron chi connectivity index (χ2n) is 5.12. The van der Waals surface area contributed by atoms with Gasteiger partial charge in [-0.2, -0.15) is 13.2 Å². The van der Waals surface area contributed by atoms with Crippen LogP contribution in [0.1, 0.15) is 17.9 Å². The van der Waals surface area contributed by atoms with Crippen molar-refractivity contribution < 1.29 is 36.3 Å². The summed E-state index contributed by atoms with van der Waals surface area (Å²) in [7, 11) is 1.44. The number of hydrogen-bond donors (Lipinski definition) is 0. The number of piperidine rings is 1. The number of carbonyl (C=O) groups excluding carboxylic acids is 1. The van der Waals surface area contributed by atoms with Gasteiger partial charge in [-0.25, -0.2) is 13.6 Å². The van der Waals surface area contributed by atoms with E-state index in [4.69, 9.17) is 4.74 Å². The summed E-state index contributed by atoms with van der Waals surface area (Å²) in [6.45, 7) is -1.31. The Balaban J connectivity index is 2.06. The maximum Gasteiger partial charge on any atom is 0.492 e. The predicted molar refractivity (Wildman–Crippen MR) is 69.0 cm³/mol. The maximum absolute atomic E-state index is 14.2. The molecular weight excluding hydrogens is 325 g/mol. The summed E-state index contributed by atoms with van der Waals surface area (Å²) in [6.07, 6.45) is -5.37. The van der Waals surface area contributed by atoms with Crippen LogP contribution in [0.5, 0.6) is 5.75 Å². The SMILES string of the molecule is COc1ccc(C2CCN(OC(=O)C(F)(F)F)CC2(F)F)cc1. The highest BCUT2D eigenvalue weighted by molar-refractivity contribution is 5.75. The quantitative estimate of drug-likeness (QED) is 0.793. The van der Waals surface area contributed by atoms with E-state index in [2.05, 4.69) is 4.84 Å². The lowest BCUT2D eigenvalue weighted by Crippen LogP contribution is -2.49. The average molecular weight is 339 g/mol. The van der Waals surface area contributed by atoms with Gasteiger partial charge in [0.25, 0.3) is 5.92 Å². The maximum atomic E-state index is 14.2. The van der Waals surface area contributed by atoms with Gasteiger partial charge in [-0.1, -0.05) is 12.1 Å². The number of carbonyl (C=O) groups is 1. The fourth-order valence-electron chi connectivity index (χ4n) is 2.40. The zero-order valence-electron chi connectivity index (χ0n) is 12.1. The molecule has 0 amide bonds. The topological polar surface area (TPSA) is 38.8 Å². The number of alkyl halides is 5. The molecule has 0 saturated carbocycles. The Morgan fingerprint density at radius 3 is 2.35 bits per heavy atom. The third kappa shape index (κ3) is 4.10. The molecule has 0 radical (unpaired) electrons. The third-order valence-corrected chi connectivity index (χ3v) is 3.53. The highest BCUT2D eigenvalue weighted by Gasteiger charge is 2.49. The van der Waals surface area contributed by atoms with E-state index in [1.807, 2.05) is 0 Å². The number of ether oxygens (including phenoxy) is 1. The highest BCUT2D eigenvalue weighted by atomic mass is 19.4. The zero-order valence-corrected chi connectivity index (χ0v) is 12.1. The van der Waals surface area contributed by atoms with E-state index < -0.39 is 30.5 Å². The van der Waals surface area contributed by atoms with Crippen LogP contribution in [0, 0.1) is 0 Å². The number of halogens is 5. The minimum atomic E-state index is -5.22. The lowest BCUT2D eigenvalue weighted by Gasteiger charge is -2.37. The molecule has 0 aliphatic carbocycles. The Bertz CT molecular complexity index is 559. The van der Waals surface area contributed by atoms with Crippen LogP contribution in [0.15, 0.2) is 24.3 Å². The van der Waals surface area contributed by atoms with Crippen molar-refractivity contribution in [1.29, 1.82) is 0 Å². The Morgan fingerprint density at radius 1 is 1.26 bits per heavy atom. The second-order valence-corrected chi connectivity index (χ2v) is 5.12. The summed E-state index contributed by atoms with van der Waals surface area (Å²) in [4.78, 5) is 14.7. The number of rotatable bonds is 3. The van der Waals surface area contributed by atoms with Gasteiger partial charge < -0.3 is 9.57 Å². The number of benzene rings is 1. The van der Waals surface area contributed by atoms with Gasteiger partial charge in [0.15, 0.2) is 0 Å². The number of nitrogens with zero attached hydrogens (tertiary/aromatic N) is 1. The first-order valence-electron chi connectivity index (χ1n) is 6.69. The molecule has 9 heteroatoms. The van der Waals surface area contributed by atoms with Gasteiger partial charge in [0, 0.05) is 6.54 Å². The molecule has 1 aliphatic heterocycles. The van der Waals surface area contributed by atoms with E-state index >= 15 is 0 Å². The molecule has 0 aromatic heterocycles. The Morgan fingerprint density at radius 2 is 1.87 bits per heavy atom. The zero-order chi connectivity index (χ0) is 17.3. The molecule has 0 spiro atoms. The second kappa shape index (κ2) is 6.31. The van der Waals surface area contributed by atoms with E-state index in [9.17, 15) is 26.7 Å². The molecule has 128 valence electrons. The first-order chi connectivity index (χ1) is 10.6. The minimum Gasteiger partial charge on any atom is -0.497 e. The Hall–Kier alpha value is -1.90. The lowest BCUT2D eigenvalue weighted by molar-refractivity contribution is -0.257. The van der Waals surface area contributed by atoms with Crippen LogP contribution in [0.2, 0.25) is 0 Å². The fraction of sp³-hybridized carbons (Fsp3) is 0.500. The van der Waals surface area contributed by atoms with Crippen molar-refractivity contribution in [2.45, 2.75) is 24.4 Å². The van der Waals surface area contributed by atoms with E-state index in [1.54, 1.807) is 0 Å². The largest absolute Gasteiger partial charge is 0.497 e. The summed E-state index contributed by atoms with van der Waals surface area (Å²) in [6, 6.07) is 6.02. The lowest BCUT2D eigenvalue weighted by atomic mass is 9.87. The Kier molecular flexibility index (Phi) is 4.79. The van der Waals surface area contributed by atoms with Gasteiger partial charge >= 0.3 is 12.1 Å². The molecule has 1 aromatic carbocycles. The molecular formula is C14H14F5NO3. The van der Waals surface area contributed by atoms with Crippen LogP contribution in [-0.4, -0.2) is 43.3 Å². The van der Waals surface area contributed by atoms with Crippen LogP contribution in [0.3, 0.4) is 0 Å². The molecule has 1 saturated heterocycles. The number of hydrogen-bond acceptors (Lipinski definition) is 4.